The number of anilines is 1. The highest BCUT2D eigenvalue weighted by Crippen LogP contribution is 2.25. The van der Waals surface area contributed by atoms with E-state index in [1.165, 1.54) is 17.0 Å². The number of nitrogens with one attached hydrogen (secondary N) is 1. The van der Waals surface area contributed by atoms with E-state index in [1.807, 2.05) is 0 Å². The van der Waals surface area contributed by atoms with E-state index >= 15 is 0 Å². The van der Waals surface area contributed by atoms with Gasteiger partial charge in [0.15, 0.2) is 0 Å². The van der Waals surface area contributed by atoms with Crippen molar-refractivity contribution in [1.82, 2.24) is 4.90 Å². The molecule has 0 aliphatic heterocycles. The fraction of sp³-hybridized carbons (Fsp3) is 0.133. The monoisotopic (exact) mass is 326 g/mol. The van der Waals surface area contributed by atoms with Crippen LogP contribution in [0.2, 0.25) is 10.0 Å². The van der Waals surface area contributed by atoms with Gasteiger partial charge in [0, 0.05) is 19.3 Å². The summed E-state index contributed by atoms with van der Waals surface area (Å²) in [5, 5.41) is 3.51. The number of carbonyl (C=O) groups excluding carboxylic acids is 1. The predicted molar refractivity (Wildman–Crippen MR) is 83.3 cm³/mol. The van der Waals surface area contributed by atoms with Crippen molar-refractivity contribution < 1.29 is 9.18 Å². The Morgan fingerprint density at radius 3 is 2.43 bits per heavy atom. The zero-order valence-electron chi connectivity index (χ0n) is 11.2. The highest BCUT2D eigenvalue weighted by molar-refractivity contribution is 6.42. The van der Waals surface area contributed by atoms with Gasteiger partial charge in [-0.3, -0.25) is 0 Å². The molecule has 0 fully saturated rings. The fourth-order valence-electron chi connectivity index (χ4n) is 1.73. The number of benzene rings is 2. The molecule has 0 heterocycles. The number of urea groups is 1. The van der Waals surface area contributed by atoms with Crippen molar-refractivity contribution >= 4 is 34.9 Å². The van der Waals surface area contributed by atoms with Crippen molar-refractivity contribution in [1.29, 1.82) is 0 Å². The molecule has 0 spiro atoms. The van der Waals surface area contributed by atoms with Crippen LogP contribution in [0.1, 0.15) is 5.56 Å². The van der Waals surface area contributed by atoms with Crippen LogP contribution in [0.4, 0.5) is 14.9 Å². The first-order chi connectivity index (χ1) is 9.95. The van der Waals surface area contributed by atoms with Gasteiger partial charge in [-0.25, -0.2) is 9.18 Å². The minimum Gasteiger partial charge on any atom is -0.323 e. The Morgan fingerprint density at radius 2 is 1.81 bits per heavy atom. The van der Waals surface area contributed by atoms with Gasteiger partial charge in [-0.2, -0.15) is 0 Å². The lowest BCUT2D eigenvalue weighted by Gasteiger charge is -2.18. The van der Waals surface area contributed by atoms with Gasteiger partial charge in [0.05, 0.1) is 10.0 Å². The highest BCUT2D eigenvalue weighted by atomic mass is 35.5. The second kappa shape index (κ2) is 6.78. The standard InChI is InChI=1S/C15H13Cl2FN2O/c1-20(9-10-2-4-11(18)5-3-10)15(21)19-12-6-7-13(16)14(17)8-12/h2-8H,9H2,1H3,(H,19,21). The third-order valence-electron chi connectivity index (χ3n) is 2.85. The smallest absolute Gasteiger partial charge is 0.321 e. The van der Waals surface area contributed by atoms with Crippen molar-refractivity contribution in [3.05, 3.63) is 63.9 Å². The third-order valence-corrected chi connectivity index (χ3v) is 3.59. The van der Waals surface area contributed by atoms with E-state index in [0.29, 0.717) is 22.3 Å². The van der Waals surface area contributed by atoms with Crippen molar-refractivity contribution in [2.45, 2.75) is 6.54 Å². The van der Waals surface area contributed by atoms with Crippen molar-refractivity contribution in [3.8, 4) is 0 Å². The van der Waals surface area contributed by atoms with Crippen LogP contribution >= 0.6 is 23.2 Å². The molecule has 6 heteroatoms. The molecular formula is C15H13Cl2FN2O. The minimum absolute atomic E-state index is 0.294. The molecule has 110 valence electrons. The van der Waals surface area contributed by atoms with Gasteiger partial charge in [-0.1, -0.05) is 35.3 Å². The normalized spacial score (nSPS) is 10.3. The molecule has 2 aromatic carbocycles. The van der Waals surface area contributed by atoms with E-state index in [2.05, 4.69) is 5.32 Å². The molecule has 2 amide bonds. The predicted octanol–water partition coefficient (Wildman–Crippen LogP) is 4.80. The molecule has 3 nitrogen and oxygen atoms in total. The van der Waals surface area contributed by atoms with Crippen LogP contribution in [0.3, 0.4) is 0 Å². The van der Waals surface area contributed by atoms with Crippen molar-refractivity contribution in [2.24, 2.45) is 0 Å². The van der Waals surface area contributed by atoms with Gasteiger partial charge in [0.1, 0.15) is 5.82 Å². The van der Waals surface area contributed by atoms with Crippen LogP contribution in [0.5, 0.6) is 0 Å². The second-order valence-corrected chi connectivity index (χ2v) is 5.36. The lowest BCUT2D eigenvalue weighted by molar-refractivity contribution is 0.220. The summed E-state index contributed by atoms with van der Waals surface area (Å²) in [6.07, 6.45) is 0. The molecule has 21 heavy (non-hydrogen) atoms. The van der Waals surface area contributed by atoms with E-state index < -0.39 is 0 Å². The van der Waals surface area contributed by atoms with Gasteiger partial charge in [-0.05, 0) is 35.9 Å². The molecule has 0 aliphatic carbocycles. The quantitative estimate of drug-likeness (QED) is 0.863. The summed E-state index contributed by atoms with van der Waals surface area (Å²) in [5.74, 6) is -0.304. The van der Waals surface area contributed by atoms with Gasteiger partial charge in [0.2, 0.25) is 0 Å². The molecule has 2 aromatic rings. The van der Waals surface area contributed by atoms with Crippen molar-refractivity contribution in [3.63, 3.8) is 0 Å². The highest BCUT2D eigenvalue weighted by Gasteiger charge is 2.10. The number of carbonyl (C=O) groups is 1. The average Bonchev–Trinajstić information content (AvgIpc) is 2.45. The SMILES string of the molecule is CN(Cc1ccc(F)cc1)C(=O)Nc1ccc(Cl)c(Cl)c1. The number of nitrogens with zero attached hydrogens (tertiary/aromatic N) is 1. The Hall–Kier alpha value is -1.78. The number of halogens is 3. The Bertz CT molecular complexity index is 647. The van der Waals surface area contributed by atoms with Crippen LogP contribution < -0.4 is 5.32 Å². The van der Waals surface area contributed by atoms with Crippen LogP contribution in [-0.4, -0.2) is 18.0 Å². The number of hydrogen-bond donors (Lipinski definition) is 1. The summed E-state index contributed by atoms with van der Waals surface area (Å²) >= 11 is 11.7. The first-order valence-electron chi connectivity index (χ1n) is 6.17. The number of hydrogen-bond acceptors (Lipinski definition) is 1. The summed E-state index contributed by atoms with van der Waals surface area (Å²) in [5.41, 5.74) is 1.39. The Kier molecular flexibility index (Phi) is 5.04. The first-order valence-corrected chi connectivity index (χ1v) is 6.93. The second-order valence-electron chi connectivity index (χ2n) is 4.54. The summed E-state index contributed by atoms with van der Waals surface area (Å²) in [4.78, 5) is 13.5. The summed E-state index contributed by atoms with van der Waals surface area (Å²) in [6.45, 7) is 0.368. The third kappa shape index (κ3) is 4.34. The lowest BCUT2D eigenvalue weighted by atomic mass is 10.2. The molecule has 0 saturated carbocycles. The maximum absolute atomic E-state index is 12.8. The number of amides is 2. The molecule has 0 atom stereocenters. The van der Waals surface area contributed by atoms with Crippen LogP contribution in [-0.2, 0) is 6.54 Å². The Balaban J connectivity index is 1.98. The summed E-state index contributed by atoms with van der Waals surface area (Å²) in [6, 6.07) is 10.6. The van der Waals surface area contributed by atoms with Gasteiger partial charge in [-0.15, -0.1) is 0 Å². The molecule has 0 saturated heterocycles. The fourth-order valence-corrected chi connectivity index (χ4v) is 2.03. The Morgan fingerprint density at radius 1 is 1.14 bits per heavy atom. The van der Waals surface area contributed by atoms with E-state index in [0.717, 1.165) is 5.56 Å². The first kappa shape index (κ1) is 15.6. The molecule has 0 unspecified atom stereocenters. The molecule has 0 aliphatic rings. The van der Waals surface area contributed by atoms with E-state index in [9.17, 15) is 9.18 Å². The Labute approximate surface area is 132 Å². The van der Waals surface area contributed by atoms with Gasteiger partial charge in [0.25, 0.3) is 0 Å². The summed E-state index contributed by atoms with van der Waals surface area (Å²) < 4.78 is 12.8. The molecule has 0 radical (unpaired) electrons. The molecular weight excluding hydrogens is 314 g/mol. The average molecular weight is 327 g/mol. The van der Waals surface area contributed by atoms with Gasteiger partial charge < -0.3 is 10.2 Å². The summed E-state index contributed by atoms with van der Waals surface area (Å²) in [7, 11) is 1.65. The van der Waals surface area contributed by atoms with E-state index in [4.69, 9.17) is 23.2 Å². The number of rotatable bonds is 3. The minimum atomic E-state index is -0.304. The topological polar surface area (TPSA) is 32.3 Å². The lowest BCUT2D eigenvalue weighted by Crippen LogP contribution is -2.30. The largest absolute Gasteiger partial charge is 0.323 e. The zero-order valence-corrected chi connectivity index (χ0v) is 12.7. The maximum atomic E-state index is 12.8. The van der Waals surface area contributed by atoms with Crippen LogP contribution in [0.25, 0.3) is 0 Å². The van der Waals surface area contributed by atoms with Crippen molar-refractivity contribution in [2.75, 3.05) is 12.4 Å². The molecule has 1 N–H and O–H groups in total. The van der Waals surface area contributed by atoms with E-state index in [-0.39, 0.29) is 11.8 Å². The van der Waals surface area contributed by atoms with Crippen LogP contribution in [0, 0.1) is 5.82 Å². The van der Waals surface area contributed by atoms with Crippen LogP contribution in [0.15, 0.2) is 42.5 Å². The maximum Gasteiger partial charge on any atom is 0.321 e. The molecule has 0 aromatic heterocycles. The molecule has 2 rings (SSSR count). The van der Waals surface area contributed by atoms with Gasteiger partial charge >= 0.3 is 6.03 Å². The zero-order chi connectivity index (χ0) is 15.4. The molecule has 0 bridgehead atoms. The van der Waals surface area contributed by atoms with E-state index in [1.54, 1.807) is 37.4 Å².